The van der Waals surface area contributed by atoms with Gasteiger partial charge in [-0.05, 0) is 46.1 Å². The minimum absolute atomic E-state index is 0.0588. The standard InChI is InChI=1S/C12H25NO2S/c1-10(7-8-16-6)13(5)11(14)9-15-12(2,3)4/h10H,7-9H2,1-6H3. The van der Waals surface area contributed by atoms with Crippen molar-refractivity contribution in [3.8, 4) is 0 Å². The molecule has 0 aliphatic rings. The molecule has 0 aliphatic heterocycles. The van der Waals surface area contributed by atoms with Crippen LogP contribution in [0, 0.1) is 0 Å². The van der Waals surface area contributed by atoms with Gasteiger partial charge in [0, 0.05) is 13.1 Å². The number of hydrogen-bond acceptors (Lipinski definition) is 3. The van der Waals surface area contributed by atoms with Gasteiger partial charge in [0.1, 0.15) is 6.61 Å². The van der Waals surface area contributed by atoms with Crippen LogP contribution in [0.15, 0.2) is 0 Å². The van der Waals surface area contributed by atoms with Crippen LogP contribution < -0.4 is 0 Å². The number of nitrogens with zero attached hydrogens (tertiary/aromatic N) is 1. The van der Waals surface area contributed by atoms with E-state index < -0.39 is 0 Å². The van der Waals surface area contributed by atoms with Crippen molar-refractivity contribution in [2.75, 3.05) is 25.7 Å². The van der Waals surface area contributed by atoms with E-state index in [-0.39, 0.29) is 24.2 Å². The number of ether oxygens (including phenoxy) is 1. The molecule has 0 aromatic heterocycles. The molecule has 0 N–H and O–H groups in total. The minimum Gasteiger partial charge on any atom is -0.366 e. The molecule has 0 saturated heterocycles. The van der Waals surface area contributed by atoms with Gasteiger partial charge in [-0.2, -0.15) is 11.8 Å². The molecule has 1 amide bonds. The first-order chi connectivity index (χ1) is 7.28. The van der Waals surface area contributed by atoms with Crippen LogP contribution in [0.1, 0.15) is 34.1 Å². The van der Waals surface area contributed by atoms with Crippen molar-refractivity contribution in [2.24, 2.45) is 0 Å². The fraction of sp³-hybridized carbons (Fsp3) is 0.917. The van der Waals surface area contributed by atoms with Crippen molar-refractivity contribution >= 4 is 17.7 Å². The van der Waals surface area contributed by atoms with E-state index >= 15 is 0 Å². The third-order valence-electron chi connectivity index (χ3n) is 2.42. The average Bonchev–Trinajstić information content (AvgIpc) is 2.20. The summed E-state index contributed by atoms with van der Waals surface area (Å²) in [5, 5.41) is 0. The number of carbonyl (C=O) groups is 1. The summed E-state index contributed by atoms with van der Waals surface area (Å²) < 4.78 is 5.47. The molecule has 0 rings (SSSR count). The van der Waals surface area contributed by atoms with Crippen molar-refractivity contribution < 1.29 is 9.53 Å². The van der Waals surface area contributed by atoms with Crippen LogP contribution in [0.4, 0.5) is 0 Å². The van der Waals surface area contributed by atoms with Crippen LogP contribution in [0.2, 0.25) is 0 Å². The van der Waals surface area contributed by atoms with E-state index in [4.69, 9.17) is 4.74 Å². The number of thioether (sulfide) groups is 1. The molecule has 0 aromatic rings. The Kier molecular flexibility index (Phi) is 7.07. The first-order valence-electron chi connectivity index (χ1n) is 5.66. The van der Waals surface area contributed by atoms with Crippen LogP contribution in [0.25, 0.3) is 0 Å². The molecule has 4 heteroatoms. The molecular weight excluding hydrogens is 222 g/mol. The van der Waals surface area contributed by atoms with Crippen molar-refractivity contribution in [3.05, 3.63) is 0 Å². The Morgan fingerprint density at radius 3 is 2.44 bits per heavy atom. The number of likely N-dealkylation sites (N-methyl/N-ethyl adjacent to an activating group) is 1. The summed E-state index contributed by atoms with van der Waals surface area (Å²) in [5.74, 6) is 1.14. The predicted octanol–water partition coefficient (Wildman–Crippen LogP) is 2.40. The lowest BCUT2D eigenvalue weighted by molar-refractivity contribution is -0.141. The van der Waals surface area contributed by atoms with Gasteiger partial charge in [-0.1, -0.05) is 0 Å². The molecule has 1 atom stereocenters. The zero-order valence-corrected chi connectivity index (χ0v) is 12.2. The molecule has 16 heavy (non-hydrogen) atoms. The van der Waals surface area contributed by atoms with E-state index in [1.807, 2.05) is 39.6 Å². The van der Waals surface area contributed by atoms with E-state index in [0.717, 1.165) is 12.2 Å². The highest BCUT2D eigenvalue weighted by Crippen LogP contribution is 2.09. The number of amides is 1. The largest absolute Gasteiger partial charge is 0.366 e. The fourth-order valence-electron chi connectivity index (χ4n) is 1.11. The van der Waals surface area contributed by atoms with Crippen molar-refractivity contribution in [2.45, 2.75) is 45.8 Å². The molecule has 0 fully saturated rings. The van der Waals surface area contributed by atoms with Crippen LogP contribution in [0.3, 0.4) is 0 Å². The van der Waals surface area contributed by atoms with Crippen LogP contribution in [0.5, 0.6) is 0 Å². The summed E-state index contributed by atoms with van der Waals surface area (Å²) in [6.45, 7) is 8.11. The monoisotopic (exact) mass is 247 g/mol. The molecule has 0 saturated carbocycles. The zero-order valence-electron chi connectivity index (χ0n) is 11.4. The third kappa shape index (κ3) is 7.12. The minimum atomic E-state index is -0.251. The van der Waals surface area contributed by atoms with Gasteiger partial charge in [-0.3, -0.25) is 4.79 Å². The zero-order chi connectivity index (χ0) is 12.8. The van der Waals surface area contributed by atoms with E-state index in [1.54, 1.807) is 4.90 Å². The summed E-state index contributed by atoms with van der Waals surface area (Å²) in [6.07, 6.45) is 3.11. The molecule has 1 unspecified atom stereocenters. The van der Waals surface area contributed by atoms with Gasteiger partial charge in [0.2, 0.25) is 5.91 Å². The van der Waals surface area contributed by atoms with E-state index in [0.29, 0.717) is 0 Å². The highest BCUT2D eigenvalue weighted by atomic mass is 32.2. The molecule has 0 spiro atoms. The summed E-state index contributed by atoms with van der Waals surface area (Å²) in [7, 11) is 1.85. The first-order valence-corrected chi connectivity index (χ1v) is 7.06. The van der Waals surface area contributed by atoms with Gasteiger partial charge in [-0.15, -0.1) is 0 Å². The van der Waals surface area contributed by atoms with Gasteiger partial charge in [0.15, 0.2) is 0 Å². The number of carbonyl (C=O) groups excluding carboxylic acids is 1. The Bertz CT molecular complexity index is 214. The quantitative estimate of drug-likeness (QED) is 0.722. The maximum absolute atomic E-state index is 11.8. The second-order valence-corrected chi connectivity index (χ2v) is 6.02. The predicted molar refractivity (Wildman–Crippen MR) is 70.9 cm³/mol. The second kappa shape index (κ2) is 7.17. The summed E-state index contributed by atoms with van der Waals surface area (Å²) in [4.78, 5) is 13.6. The molecular formula is C12H25NO2S. The number of rotatable bonds is 6. The van der Waals surface area contributed by atoms with Gasteiger partial charge in [0.25, 0.3) is 0 Å². The highest BCUT2D eigenvalue weighted by molar-refractivity contribution is 7.98. The topological polar surface area (TPSA) is 29.5 Å². The summed E-state index contributed by atoms with van der Waals surface area (Å²) in [6, 6.07) is 0.281. The van der Waals surface area contributed by atoms with Crippen LogP contribution >= 0.6 is 11.8 Å². The molecule has 0 radical (unpaired) electrons. The molecule has 0 bridgehead atoms. The van der Waals surface area contributed by atoms with Gasteiger partial charge in [-0.25, -0.2) is 0 Å². The lowest BCUT2D eigenvalue weighted by atomic mass is 10.2. The van der Waals surface area contributed by atoms with Crippen molar-refractivity contribution in [1.82, 2.24) is 4.90 Å². The van der Waals surface area contributed by atoms with E-state index in [1.165, 1.54) is 0 Å². The smallest absolute Gasteiger partial charge is 0.248 e. The first kappa shape index (κ1) is 15.8. The third-order valence-corrected chi connectivity index (χ3v) is 3.07. The van der Waals surface area contributed by atoms with Gasteiger partial charge < -0.3 is 9.64 Å². The molecule has 0 heterocycles. The lowest BCUT2D eigenvalue weighted by Gasteiger charge is -2.27. The van der Waals surface area contributed by atoms with Gasteiger partial charge >= 0.3 is 0 Å². The maximum Gasteiger partial charge on any atom is 0.248 e. The summed E-state index contributed by atoms with van der Waals surface area (Å²) in [5.41, 5.74) is -0.251. The molecule has 0 aliphatic carbocycles. The molecule has 3 nitrogen and oxygen atoms in total. The fourth-order valence-corrected chi connectivity index (χ4v) is 1.68. The van der Waals surface area contributed by atoms with Crippen molar-refractivity contribution in [3.63, 3.8) is 0 Å². The Hall–Kier alpha value is -0.220. The Morgan fingerprint density at radius 2 is 2.00 bits per heavy atom. The second-order valence-electron chi connectivity index (χ2n) is 5.04. The van der Waals surface area contributed by atoms with E-state index in [9.17, 15) is 4.79 Å². The normalized spacial score (nSPS) is 13.6. The van der Waals surface area contributed by atoms with Crippen LogP contribution in [-0.2, 0) is 9.53 Å². The highest BCUT2D eigenvalue weighted by Gasteiger charge is 2.18. The molecule has 0 aromatic carbocycles. The van der Waals surface area contributed by atoms with Crippen molar-refractivity contribution in [1.29, 1.82) is 0 Å². The Labute approximate surface area is 104 Å². The number of hydrogen-bond donors (Lipinski definition) is 0. The SMILES string of the molecule is CSCCC(C)N(C)C(=O)COC(C)(C)C. The Morgan fingerprint density at radius 1 is 1.44 bits per heavy atom. The lowest BCUT2D eigenvalue weighted by Crippen LogP contribution is -2.39. The average molecular weight is 247 g/mol. The van der Waals surface area contributed by atoms with Crippen LogP contribution in [-0.4, -0.2) is 48.1 Å². The Balaban J connectivity index is 3.98. The molecule has 96 valence electrons. The van der Waals surface area contributed by atoms with Gasteiger partial charge in [0.05, 0.1) is 5.60 Å². The van der Waals surface area contributed by atoms with E-state index in [2.05, 4.69) is 13.2 Å². The summed E-state index contributed by atoms with van der Waals surface area (Å²) >= 11 is 1.81. The maximum atomic E-state index is 11.8.